The van der Waals surface area contributed by atoms with Crippen LogP contribution in [-0.4, -0.2) is 6.10 Å². The molecule has 0 saturated heterocycles. The molecule has 1 atom stereocenters. The zero-order valence-corrected chi connectivity index (χ0v) is 13.2. The number of halogens is 1. The zero-order chi connectivity index (χ0) is 13.9. The quantitative estimate of drug-likeness (QED) is 0.475. The van der Waals surface area contributed by atoms with E-state index in [9.17, 15) is 0 Å². The van der Waals surface area contributed by atoms with Gasteiger partial charge in [-0.15, -0.1) is 0 Å². The Balaban J connectivity index is 1.88. The fourth-order valence-electron chi connectivity index (χ4n) is 2.22. The van der Waals surface area contributed by atoms with E-state index in [1.807, 2.05) is 18.2 Å². The maximum absolute atomic E-state index is 5.85. The van der Waals surface area contributed by atoms with Gasteiger partial charge >= 0.3 is 0 Å². The lowest BCUT2D eigenvalue weighted by atomic mass is 9.99. The first-order valence-electron chi connectivity index (χ1n) is 6.74. The molecule has 3 N–H and O–H groups in total. The Labute approximate surface area is 132 Å². The molecular weight excluding hydrogens is 363 g/mol. The molecule has 2 aromatic carbocycles. The summed E-state index contributed by atoms with van der Waals surface area (Å²) in [6, 6.07) is 16.5. The van der Waals surface area contributed by atoms with Crippen LogP contribution in [0.2, 0.25) is 0 Å². The molecule has 0 radical (unpaired) electrons. The minimum absolute atomic E-state index is 0.0209. The summed E-state index contributed by atoms with van der Waals surface area (Å²) in [5, 5.41) is 0. The summed E-state index contributed by atoms with van der Waals surface area (Å²) in [5.41, 5.74) is 5.17. The molecule has 4 heteroatoms. The predicted octanol–water partition coefficient (Wildman–Crippen LogP) is 3.39. The van der Waals surface area contributed by atoms with Crippen molar-refractivity contribution in [3.05, 3.63) is 63.2 Å². The van der Waals surface area contributed by atoms with Gasteiger partial charge in [-0.3, -0.25) is 5.84 Å². The van der Waals surface area contributed by atoms with Crippen molar-refractivity contribution in [2.45, 2.75) is 25.0 Å². The summed E-state index contributed by atoms with van der Waals surface area (Å²) in [4.78, 5) is 0. The first-order chi connectivity index (χ1) is 9.76. The van der Waals surface area contributed by atoms with Crippen molar-refractivity contribution in [2.75, 3.05) is 0 Å². The first-order valence-corrected chi connectivity index (χ1v) is 7.82. The summed E-state index contributed by atoms with van der Waals surface area (Å²) < 4.78 is 7.05. The second kappa shape index (κ2) is 6.11. The lowest BCUT2D eigenvalue weighted by molar-refractivity contribution is 0.302. The lowest BCUT2D eigenvalue weighted by Crippen LogP contribution is -2.28. The third-order valence-electron chi connectivity index (χ3n) is 3.37. The van der Waals surface area contributed by atoms with E-state index < -0.39 is 0 Å². The molecule has 1 saturated carbocycles. The molecule has 1 fully saturated rings. The largest absolute Gasteiger partial charge is 0.490 e. The van der Waals surface area contributed by atoms with Gasteiger partial charge in [0.05, 0.1) is 12.1 Å². The molecule has 1 aliphatic carbocycles. The van der Waals surface area contributed by atoms with Gasteiger partial charge < -0.3 is 4.74 Å². The average molecular weight is 380 g/mol. The second-order valence-corrected chi connectivity index (χ2v) is 6.29. The minimum Gasteiger partial charge on any atom is -0.490 e. The number of hydrazine groups is 1. The van der Waals surface area contributed by atoms with Gasteiger partial charge in [-0.1, -0.05) is 24.3 Å². The van der Waals surface area contributed by atoms with Crippen LogP contribution in [-0.2, 0) is 0 Å². The maximum Gasteiger partial charge on any atom is 0.120 e. The summed E-state index contributed by atoms with van der Waals surface area (Å²) in [6.07, 6.45) is 2.74. The summed E-state index contributed by atoms with van der Waals surface area (Å²) >= 11 is 2.31. The molecule has 1 unspecified atom stereocenters. The summed E-state index contributed by atoms with van der Waals surface area (Å²) in [6.45, 7) is 0. The van der Waals surface area contributed by atoms with Crippen LogP contribution >= 0.6 is 22.6 Å². The molecule has 0 bridgehead atoms. The van der Waals surface area contributed by atoms with E-state index in [0.29, 0.717) is 6.10 Å². The van der Waals surface area contributed by atoms with Crippen LogP contribution in [0.5, 0.6) is 5.75 Å². The van der Waals surface area contributed by atoms with Crippen molar-refractivity contribution in [1.29, 1.82) is 0 Å². The number of nitrogens with two attached hydrogens (primary N) is 1. The van der Waals surface area contributed by atoms with Crippen LogP contribution in [0.25, 0.3) is 0 Å². The molecule has 0 heterocycles. The Morgan fingerprint density at radius 3 is 2.45 bits per heavy atom. The topological polar surface area (TPSA) is 47.3 Å². The average Bonchev–Trinajstić information content (AvgIpc) is 3.24. The molecule has 2 aromatic rings. The van der Waals surface area contributed by atoms with Crippen LogP contribution in [0, 0.1) is 3.57 Å². The molecular formula is C16H17IN2O. The van der Waals surface area contributed by atoms with Gasteiger partial charge in [0.25, 0.3) is 0 Å². The zero-order valence-electron chi connectivity index (χ0n) is 11.1. The first kappa shape index (κ1) is 13.9. The highest BCUT2D eigenvalue weighted by atomic mass is 127. The van der Waals surface area contributed by atoms with Crippen molar-refractivity contribution in [3.63, 3.8) is 0 Å². The van der Waals surface area contributed by atoms with E-state index in [-0.39, 0.29) is 6.04 Å². The molecule has 0 amide bonds. The highest BCUT2D eigenvalue weighted by Gasteiger charge is 2.23. The Hall–Kier alpha value is -1.11. The number of rotatable bonds is 5. The van der Waals surface area contributed by atoms with E-state index in [4.69, 9.17) is 10.6 Å². The summed E-state index contributed by atoms with van der Waals surface area (Å²) in [7, 11) is 0. The van der Waals surface area contributed by atoms with Gasteiger partial charge in [0.1, 0.15) is 5.75 Å². The maximum atomic E-state index is 5.85. The van der Waals surface area contributed by atoms with Gasteiger partial charge in [-0.05, 0) is 70.8 Å². The normalized spacial score (nSPS) is 15.9. The van der Waals surface area contributed by atoms with E-state index in [0.717, 1.165) is 16.9 Å². The van der Waals surface area contributed by atoms with Crippen molar-refractivity contribution < 1.29 is 4.74 Å². The van der Waals surface area contributed by atoms with Crippen LogP contribution in [0.15, 0.2) is 48.5 Å². The Morgan fingerprint density at radius 1 is 1.10 bits per heavy atom. The smallest absolute Gasteiger partial charge is 0.120 e. The summed E-state index contributed by atoms with van der Waals surface area (Å²) in [5.74, 6) is 6.68. The van der Waals surface area contributed by atoms with Crippen LogP contribution in [0.3, 0.4) is 0 Å². The standard InChI is InChI=1S/C16H17IN2O/c17-13-5-1-3-11(9-13)16(19-18)12-4-2-6-15(10-12)20-14-7-8-14/h1-6,9-10,14,16,19H,7-8,18H2. The van der Waals surface area contributed by atoms with Gasteiger partial charge in [-0.25, -0.2) is 5.43 Å². The van der Waals surface area contributed by atoms with Crippen LogP contribution in [0.4, 0.5) is 0 Å². The predicted molar refractivity (Wildman–Crippen MR) is 88.4 cm³/mol. The minimum atomic E-state index is -0.0209. The Morgan fingerprint density at radius 2 is 1.80 bits per heavy atom. The number of nitrogens with one attached hydrogen (secondary N) is 1. The van der Waals surface area contributed by atoms with Crippen molar-refractivity contribution in [1.82, 2.24) is 5.43 Å². The number of hydrogen-bond acceptors (Lipinski definition) is 3. The van der Waals surface area contributed by atoms with Gasteiger partial charge in [0, 0.05) is 3.57 Å². The lowest BCUT2D eigenvalue weighted by Gasteiger charge is -2.18. The van der Waals surface area contributed by atoms with E-state index >= 15 is 0 Å². The fraction of sp³-hybridized carbons (Fsp3) is 0.250. The SMILES string of the molecule is NNC(c1cccc(I)c1)c1cccc(OC2CC2)c1. The highest BCUT2D eigenvalue weighted by molar-refractivity contribution is 14.1. The van der Waals surface area contributed by atoms with Crippen molar-refractivity contribution in [3.8, 4) is 5.75 Å². The molecule has 0 aromatic heterocycles. The van der Waals surface area contributed by atoms with Crippen LogP contribution in [0.1, 0.15) is 30.0 Å². The fourth-order valence-corrected chi connectivity index (χ4v) is 2.78. The third-order valence-corrected chi connectivity index (χ3v) is 4.04. The molecule has 104 valence electrons. The van der Waals surface area contributed by atoms with Gasteiger partial charge in [-0.2, -0.15) is 0 Å². The van der Waals surface area contributed by atoms with Crippen molar-refractivity contribution >= 4 is 22.6 Å². The third kappa shape index (κ3) is 3.31. The molecule has 0 aliphatic heterocycles. The van der Waals surface area contributed by atoms with Gasteiger partial charge in [0.2, 0.25) is 0 Å². The second-order valence-electron chi connectivity index (χ2n) is 5.04. The van der Waals surface area contributed by atoms with E-state index in [2.05, 4.69) is 58.3 Å². The molecule has 20 heavy (non-hydrogen) atoms. The Bertz CT molecular complexity index is 599. The number of ether oxygens (including phenoxy) is 1. The van der Waals surface area contributed by atoms with Gasteiger partial charge in [0.15, 0.2) is 0 Å². The number of hydrogen-bond donors (Lipinski definition) is 2. The number of benzene rings is 2. The molecule has 3 nitrogen and oxygen atoms in total. The van der Waals surface area contributed by atoms with Crippen LogP contribution < -0.4 is 16.0 Å². The van der Waals surface area contributed by atoms with E-state index in [1.54, 1.807) is 0 Å². The molecule has 3 rings (SSSR count). The highest BCUT2D eigenvalue weighted by Crippen LogP contribution is 2.30. The monoisotopic (exact) mass is 380 g/mol. The molecule has 1 aliphatic rings. The Kier molecular flexibility index (Phi) is 4.24. The molecule has 0 spiro atoms. The van der Waals surface area contributed by atoms with Crippen molar-refractivity contribution in [2.24, 2.45) is 5.84 Å². The van der Waals surface area contributed by atoms with E-state index in [1.165, 1.54) is 16.4 Å².